The summed E-state index contributed by atoms with van der Waals surface area (Å²) >= 11 is 0. The molecule has 6 rings (SSSR count). The number of ether oxygens (including phenoxy) is 3. The van der Waals surface area contributed by atoms with Crippen molar-refractivity contribution in [1.29, 1.82) is 0 Å². The highest BCUT2D eigenvalue weighted by Crippen LogP contribution is 2.53. The van der Waals surface area contributed by atoms with Crippen LogP contribution in [0.5, 0.6) is 17.4 Å². The molecule has 1 amide bonds. The Labute approximate surface area is 172 Å². The number of furan rings is 1. The van der Waals surface area contributed by atoms with Crippen LogP contribution in [-0.2, 0) is 22.9 Å². The quantitative estimate of drug-likeness (QED) is 0.618. The number of alkyl halides is 3. The molecule has 31 heavy (non-hydrogen) atoms. The van der Waals surface area contributed by atoms with Crippen molar-refractivity contribution in [1.82, 2.24) is 4.98 Å². The van der Waals surface area contributed by atoms with E-state index in [4.69, 9.17) is 18.6 Å². The van der Waals surface area contributed by atoms with E-state index in [9.17, 15) is 18.0 Å². The molecule has 1 atom stereocenters. The van der Waals surface area contributed by atoms with E-state index in [2.05, 4.69) is 4.98 Å². The zero-order valence-corrected chi connectivity index (χ0v) is 15.7. The van der Waals surface area contributed by atoms with E-state index < -0.39 is 17.4 Å². The summed E-state index contributed by atoms with van der Waals surface area (Å²) in [6, 6.07) is 10.8. The summed E-state index contributed by atoms with van der Waals surface area (Å²) < 4.78 is 60.3. The minimum Gasteiger partial charge on any atom is -0.490 e. The molecule has 3 aliphatic heterocycles. The van der Waals surface area contributed by atoms with E-state index in [1.54, 1.807) is 30.3 Å². The molecule has 2 aromatic heterocycles. The molecule has 1 aromatic carbocycles. The highest BCUT2D eigenvalue weighted by atomic mass is 19.4. The van der Waals surface area contributed by atoms with Crippen LogP contribution in [0, 0.1) is 0 Å². The first-order valence-corrected chi connectivity index (χ1v) is 9.39. The first-order chi connectivity index (χ1) is 14.9. The zero-order valence-electron chi connectivity index (χ0n) is 15.7. The van der Waals surface area contributed by atoms with Crippen molar-refractivity contribution < 1.29 is 36.6 Å². The molecule has 0 saturated heterocycles. The van der Waals surface area contributed by atoms with Crippen LogP contribution in [-0.4, -0.2) is 24.3 Å². The average molecular weight is 430 g/mol. The van der Waals surface area contributed by atoms with Crippen molar-refractivity contribution in [3.05, 3.63) is 65.2 Å². The van der Waals surface area contributed by atoms with E-state index in [0.29, 0.717) is 28.4 Å². The van der Waals surface area contributed by atoms with Crippen molar-refractivity contribution in [3.63, 3.8) is 0 Å². The Morgan fingerprint density at radius 1 is 1.06 bits per heavy atom. The number of carbonyl (C=O) groups excluding carboxylic acids is 1. The van der Waals surface area contributed by atoms with Crippen molar-refractivity contribution >= 4 is 11.6 Å². The van der Waals surface area contributed by atoms with E-state index in [0.717, 1.165) is 6.07 Å². The maximum absolute atomic E-state index is 13.7. The normalized spacial score (nSPS) is 20.9. The summed E-state index contributed by atoms with van der Waals surface area (Å²) in [6.45, 7) is -0.126. The summed E-state index contributed by atoms with van der Waals surface area (Å²) in [7, 11) is 0. The number of carbonyl (C=O) groups is 1. The topological polar surface area (TPSA) is 74.0 Å². The molecule has 5 heterocycles. The van der Waals surface area contributed by atoms with Gasteiger partial charge in [-0.2, -0.15) is 13.2 Å². The van der Waals surface area contributed by atoms with Gasteiger partial charge in [-0.1, -0.05) is 18.2 Å². The molecule has 0 radical (unpaired) electrons. The number of benzene rings is 1. The Bertz CT molecular complexity index is 1240. The van der Waals surface area contributed by atoms with Gasteiger partial charge in [0.25, 0.3) is 5.88 Å². The fraction of sp³-hybridized carbons (Fsp3) is 0.238. The standard InChI is InChI=1S/C21H13F3N2O5/c22-21(23,24)16-6-5-11(31-16)8-26-13-4-2-1-3-12(13)20(19(26)27)9-28-14-7-15-18(25-17(14)20)30-10-29-15/h1-7H,8-10H2. The van der Waals surface area contributed by atoms with Gasteiger partial charge in [0.2, 0.25) is 18.5 Å². The van der Waals surface area contributed by atoms with Crippen LogP contribution < -0.4 is 19.1 Å². The molecule has 1 unspecified atom stereocenters. The fourth-order valence-corrected chi connectivity index (χ4v) is 4.31. The van der Waals surface area contributed by atoms with Gasteiger partial charge < -0.3 is 23.5 Å². The number of fused-ring (bicyclic) bond motifs is 5. The lowest BCUT2D eigenvalue weighted by atomic mass is 9.80. The summed E-state index contributed by atoms with van der Waals surface area (Å²) in [5.74, 6) is -0.336. The number of amides is 1. The van der Waals surface area contributed by atoms with E-state index in [-0.39, 0.29) is 37.5 Å². The van der Waals surface area contributed by atoms with Gasteiger partial charge in [-0.05, 0) is 18.2 Å². The first kappa shape index (κ1) is 18.1. The summed E-state index contributed by atoms with van der Waals surface area (Å²) in [6.07, 6.45) is -4.60. The van der Waals surface area contributed by atoms with Gasteiger partial charge in [0.1, 0.15) is 23.8 Å². The second-order valence-corrected chi connectivity index (χ2v) is 7.41. The average Bonchev–Trinajstić information content (AvgIpc) is 3.50. The number of halogens is 3. The third-order valence-corrected chi connectivity index (χ3v) is 5.70. The number of hydrogen-bond acceptors (Lipinski definition) is 6. The van der Waals surface area contributed by atoms with E-state index >= 15 is 0 Å². The van der Waals surface area contributed by atoms with Crippen molar-refractivity contribution in [2.75, 3.05) is 18.3 Å². The molecule has 0 aliphatic carbocycles. The number of rotatable bonds is 2. The van der Waals surface area contributed by atoms with Crippen LogP contribution in [0.4, 0.5) is 18.9 Å². The largest absolute Gasteiger partial charge is 0.490 e. The van der Waals surface area contributed by atoms with Gasteiger partial charge in [0.05, 0.1) is 6.54 Å². The maximum atomic E-state index is 13.7. The lowest BCUT2D eigenvalue weighted by Crippen LogP contribution is -2.42. The lowest BCUT2D eigenvalue weighted by Gasteiger charge is -2.21. The van der Waals surface area contributed by atoms with Gasteiger partial charge >= 0.3 is 6.18 Å². The Balaban J connectivity index is 1.44. The minimum absolute atomic E-state index is 0.0104. The molecule has 0 N–H and O–H groups in total. The molecular weight excluding hydrogens is 417 g/mol. The molecule has 7 nitrogen and oxygen atoms in total. The van der Waals surface area contributed by atoms with Crippen LogP contribution in [0.25, 0.3) is 0 Å². The molecule has 1 spiro atoms. The van der Waals surface area contributed by atoms with E-state index in [1.165, 1.54) is 11.0 Å². The highest BCUT2D eigenvalue weighted by molar-refractivity contribution is 6.11. The third-order valence-electron chi connectivity index (χ3n) is 5.70. The molecule has 3 aromatic rings. The lowest BCUT2D eigenvalue weighted by molar-refractivity contribution is -0.153. The monoisotopic (exact) mass is 430 g/mol. The van der Waals surface area contributed by atoms with Crippen LogP contribution in [0.2, 0.25) is 0 Å². The SMILES string of the molecule is O=C1N(Cc2ccc(C(F)(F)F)o2)c2ccccc2C12COc1cc3c(nc12)OCO3. The molecule has 158 valence electrons. The van der Waals surface area contributed by atoms with Crippen LogP contribution in [0.15, 0.2) is 46.9 Å². The number of hydrogen-bond donors (Lipinski definition) is 0. The minimum atomic E-state index is -4.60. The Kier molecular flexibility index (Phi) is 3.46. The van der Waals surface area contributed by atoms with Gasteiger partial charge in [-0.15, -0.1) is 0 Å². The summed E-state index contributed by atoms with van der Waals surface area (Å²) in [4.78, 5) is 19.6. The van der Waals surface area contributed by atoms with E-state index in [1.807, 2.05) is 0 Å². The van der Waals surface area contributed by atoms with Gasteiger partial charge in [-0.25, -0.2) is 4.98 Å². The molecule has 10 heteroatoms. The Morgan fingerprint density at radius 2 is 1.90 bits per heavy atom. The number of para-hydroxylation sites is 1. The number of anilines is 1. The molecule has 0 bridgehead atoms. The molecular formula is C21H13F3N2O5. The third kappa shape index (κ3) is 2.41. The zero-order chi connectivity index (χ0) is 21.4. The predicted octanol–water partition coefficient (Wildman–Crippen LogP) is 3.65. The van der Waals surface area contributed by atoms with Crippen LogP contribution >= 0.6 is 0 Å². The first-order valence-electron chi connectivity index (χ1n) is 9.39. The summed E-state index contributed by atoms with van der Waals surface area (Å²) in [5, 5.41) is 0. The maximum Gasteiger partial charge on any atom is 0.449 e. The Hall–Kier alpha value is -3.69. The smallest absolute Gasteiger partial charge is 0.449 e. The van der Waals surface area contributed by atoms with Crippen molar-refractivity contribution in [2.45, 2.75) is 18.1 Å². The van der Waals surface area contributed by atoms with Crippen molar-refractivity contribution in [3.8, 4) is 17.4 Å². The summed E-state index contributed by atoms with van der Waals surface area (Å²) in [5.41, 5.74) is 0.389. The molecule has 3 aliphatic rings. The molecule has 0 fully saturated rings. The fourth-order valence-electron chi connectivity index (χ4n) is 4.31. The van der Waals surface area contributed by atoms with Gasteiger partial charge in [0, 0.05) is 17.3 Å². The van der Waals surface area contributed by atoms with Gasteiger partial charge in [0.15, 0.2) is 11.2 Å². The highest BCUT2D eigenvalue weighted by Gasteiger charge is 2.58. The number of aromatic nitrogens is 1. The van der Waals surface area contributed by atoms with Crippen LogP contribution in [0.3, 0.4) is 0 Å². The van der Waals surface area contributed by atoms with Gasteiger partial charge in [-0.3, -0.25) is 4.79 Å². The molecule has 0 saturated carbocycles. The number of pyridine rings is 1. The van der Waals surface area contributed by atoms with Crippen molar-refractivity contribution in [2.24, 2.45) is 0 Å². The van der Waals surface area contributed by atoms with Crippen LogP contribution in [0.1, 0.15) is 22.8 Å². The second kappa shape index (κ2) is 5.93. The predicted molar refractivity (Wildman–Crippen MR) is 98.0 cm³/mol. The number of nitrogens with zero attached hydrogens (tertiary/aromatic N) is 2. The Morgan fingerprint density at radius 3 is 2.71 bits per heavy atom. The second-order valence-electron chi connectivity index (χ2n) is 7.41.